The molecule has 0 saturated carbocycles. The monoisotopic (exact) mass is 277 g/mol. The van der Waals surface area contributed by atoms with Gasteiger partial charge in [0, 0.05) is 0 Å². The number of nitrogens with zero attached hydrogens (tertiary/aromatic N) is 1. The van der Waals surface area contributed by atoms with Gasteiger partial charge in [0.25, 0.3) is 0 Å². The fraction of sp³-hybridized carbons (Fsp3) is 0. The van der Waals surface area contributed by atoms with Crippen molar-refractivity contribution in [2.45, 2.75) is 0 Å². The molecule has 2 rings (SSSR count). The topological polar surface area (TPSA) is 20.3 Å². The quantitative estimate of drug-likeness (QED) is 0.614. The van der Waals surface area contributed by atoms with Gasteiger partial charge in [0.05, 0.1) is 0 Å². The van der Waals surface area contributed by atoms with Crippen molar-refractivity contribution in [2.24, 2.45) is 0 Å². The Morgan fingerprint density at radius 2 is 1.56 bits per heavy atom. The van der Waals surface area contributed by atoms with Gasteiger partial charge in [-0.15, -0.1) is 0 Å². The molecule has 2 nitrogen and oxygen atoms in total. The molecule has 0 aliphatic carbocycles. The zero-order chi connectivity index (χ0) is 11.4. The molecule has 0 N–H and O–H groups in total. The summed E-state index contributed by atoms with van der Waals surface area (Å²) in [6.45, 7) is 0. The third-order valence-electron chi connectivity index (χ3n) is 2.28. The van der Waals surface area contributed by atoms with Crippen LogP contribution in [-0.2, 0) is 4.79 Å². The van der Waals surface area contributed by atoms with E-state index in [1.165, 1.54) is 0 Å². The third-order valence-corrected chi connectivity index (χ3v) is 3.07. The molecule has 0 aliphatic rings. The van der Waals surface area contributed by atoms with Crippen LogP contribution >= 0.6 is 0 Å². The Kier molecular flexibility index (Phi) is 3.40. The summed E-state index contributed by atoms with van der Waals surface area (Å²) in [6, 6.07) is 17.3. The number of benzene rings is 2. The SMILES string of the molecule is O=CN(c1ccccc1)c1ccccc1[SeH]. The molecule has 2 aromatic carbocycles. The number of anilines is 2. The molecule has 1 amide bonds. The summed E-state index contributed by atoms with van der Waals surface area (Å²) >= 11 is 2.47. The predicted molar refractivity (Wildman–Crippen MR) is 67.9 cm³/mol. The molecule has 0 spiro atoms. The Bertz CT molecular complexity index is 484. The van der Waals surface area contributed by atoms with Crippen LogP contribution in [-0.4, -0.2) is 22.4 Å². The first kappa shape index (κ1) is 10.9. The van der Waals surface area contributed by atoms with Crippen LogP contribution in [0.2, 0.25) is 0 Å². The van der Waals surface area contributed by atoms with Gasteiger partial charge in [-0.2, -0.15) is 0 Å². The van der Waals surface area contributed by atoms with Gasteiger partial charge in [0.2, 0.25) is 0 Å². The van der Waals surface area contributed by atoms with Crippen molar-refractivity contribution in [3.05, 3.63) is 54.6 Å². The molecule has 3 heteroatoms. The predicted octanol–water partition coefficient (Wildman–Crippen LogP) is 1.51. The van der Waals surface area contributed by atoms with E-state index in [1.807, 2.05) is 54.6 Å². The summed E-state index contributed by atoms with van der Waals surface area (Å²) in [7, 11) is 0. The van der Waals surface area contributed by atoms with E-state index in [-0.39, 0.29) is 0 Å². The first-order valence-electron chi connectivity index (χ1n) is 4.90. The van der Waals surface area contributed by atoms with Crippen molar-refractivity contribution in [3.8, 4) is 0 Å². The third kappa shape index (κ3) is 2.16. The Balaban J connectivity index is 2.45. The number of para-hydroxylation sites is 2. The molecule has 0 bridgehead atoms. The molecule has 0 saturated heterocycles. The zero-order valence-corrected chi connectivity index (χ0v) is 10.5. The standard InChI is InChI=1S/C13H11NOSe/c15-10-14(11-6-2-1-3-7-11)12-8-4-5-9-13(12)16/h1-10,16H. The van der Waals surface area contributed by atoms with Crippen molar-refractivity contribution in [3.63, 3.8) is 0 Å². The van der Waals surface area contributed by atoms with Crippen LogP contribution in [0.15, 0.2) is 54.6 Å². The van der Waals surface area contributed by atoms with E-state index in [9.17, 15) is 4.79 Å². The van der Waals surface area contributed by atoms with Gasteiger partial charge in [-0.25, -0.2) is 0 Å². The summed E-state index contributed by atoms with van der Waals surface area (Å²) in [5.74, 6) is 0. The average molecular weight is 276 g/mol. The minimum atomic E-state index is 0.835. The van der Waals surface area contributed by atoms with E-state index < -0.39 is 0 Å². The van der Waals surface area contributed by atoms with Crippen LogP contribution in [0.1, 0.15) is 0 Å². The van der Waals surface area contributed by atoms with Crippen LogP contribution in [0.4, 0.5) is 11.4 Å². The van der Waals surface area contributed by atoms with E-state index >= 15 is 0 Å². The number of amides is 1. The number of hydrogen-bond donors (Lipinski definition) is 0. The molecule has 2 aromatic rings. The van der Waals surface area contributed by atoms with Crippen molar-refractivity contribution in [1.82, 2.24) is 0 Å². The van der Waals surface area contributed by atoms with Gasteiger partial charge in [0.15, 0.2) is 0 Å². The van der Waals surface area contributed by atoms with E-state index in [4.69, 9.17) is 0 Å². The second kappa shape index (κ2) is 4.97. The van der Waals surface area contributed by atoms with E-state index in [1.54, 1.807) is 4.90 Å². The molecule has 0 aliphatic heterocycles. The van der Waals surface area contributed by atoms with E-state index in [2.05, 4.69) is 16.0 Å². The van der Waals surface area contributed by atoms with Crippen molar-refractivity contribution in [1.29, 1.82) is 0 Å². The molecular weight excluding hydrogens is 265 g/mol. The number of rotatable bonds is 3. The first-order chi connectivity index (χ1) is 7.83. The Morgan fingerprint density at radius 3 is 2.19 bits per heavy atom. The molecule has 0 atom stereocenters. The van der Waals surface area contributed by atoms with Crippen LogP contribution in [0.5, 0.6) is 0 Å². The summed E-state index contributed by atoms with van der Waals surface area (Å²) in [5.41, 5.74) is 1.76. The molecular formula is C13H11NOSe. The first-order valence-corrected chi connectivity index (χ1v) is 5.84. The van der Waals surface area contributed by atoms with Gasteiger partial charge in [-0.1, -0.05) is 0 Å². The maximum atomic E-state index is 11.2. The van der Waals surface area contributed by atoms with Crippen molar-refractivity contribution < 1.29 is 4.79 Å². The molecule has 80 valence electrons. The van der Waals surface area contributed by atoms with Crippen LogP contribution in [0, 0.1) is 0 Å². The molecule has 0 fully saturated rings. The Morgan fingerprint density at radius 1 is 0.938 bits per heavy atom. The summed E-state index contributed by atoms with van der Waals surface area (Å²) in [5, 5.41) is 0. The molecule has 0 radical (unpaired) electrons. The summed E-state index contributed by atoms with van der Waals surface area (Å²) in [4.78, 5) is 12.8. The fourth-order valence-corrected chi connectivity index (χ4v) is 2.08. The van der Waals surface area contributed by atoms with Crippen LogP contribution in [0.3, 0.4) is 0 Å². The Hall–Kier alpha value is -1.57. The number of carbonyl (C=O) groups is 1. The fourth-order valence-electron chi connectivity index (χ4n) is 1.51. The van der Waals surface area contributed by atoms with Crippen molar-refractivity contribution >= 4 is 38.3 Å². The van der Waals surface area contributed by atoms with Gasteiger partial charge >= 0.3 is 103 Å². The molecule has 0 heterocycles. The van der Waals surface area contributed by atoms with E-state index in [0.29, 0.717) is 0 Å². The molecule has 16 heavy (non-hydrogen) atoms. The van der Waals surface area contributed by atoms with Gasteiger partial charge < -0.3 is 0 Å². The van der Waals surface area contributed by atoms with E-state index in [0.717, 1.165) is 22.2 Å². The second-order valence-corrected chi connectivity index (χ2v) is 4.31. The number of carbonyl (C=O) groups excluding carboxylic acids is 1. The summed E-state index contributed by atoms with van der Waals surface area (Å²) in [6.07, 6.45) is 0.835. The Labute approximate surface area is 103 Å². The molecule has 0 aromatic heterocycles. The van der Waals surface area contributed by atoms with Crippen LogP contribution in [0.25, 0.3) is 0 Å². The minimum absolute atomic E-state index is 0.835. The van der Waals surface area contributed by atoms with Crippen LogP contribution < -0.4 is 9.36 Å². The zero-order valence-electron chi connectivity index (χ0n) is 8.58. The van der Waals surface area contributed by atoms with Gasteiger partial charge in [0.1, 0.15) is 0 Å². The van der Waals surface area contributed by atoms with Gasteiger partial charge in [-0.05, 0) is 0 Å². The van der Waals surface area contributed by atoms with Crippen molar-refractivity contribution in [2.75, 3.05) is 4.90 Å². The van der Waals surface area contributed by atoms with Gasteiger partial charge in [-0.3, -0.25) is 0 Å². The molecule has 0 unspecified atom stereocenters. The number of hydrogen-bond acceptors (Lipinski definition) is 1. The summed E-state index contributed by atoms with van der Waals surface area (Å²) < 4.78 is 1.02. The normalized spacial score (nSPS) is 9.81. The average Bonchev–Trinajstić information content (AvgIpc) is 2.34. The second-order valence-electron chi connectivity index (χ2n) is 3.30. The maximum absolute atomic E-state index is 11.2.